The first kappa shape index (κ1) is 21.6. The van der Waals surface area contributed by atoms with Gasteiger partial charge in [0.2, 0.25) is 5.91 Å². The van der Waals surface area contributed by atoms with E-state index in [9.17, 15) is 18.0 Å². The molecule has 0 aliphatic rings. The van der Waals surface area contributed by atoms with Gasteiger partial charge in [0.15, 0.2) is 0 Å². The molecule has 0 aliphatic heterocycles. The van der Waals surface area contributed by atoms with Crippen molar-refractivity contribution in [2.75, 3.05) is 10.9 Å². The van der Waals surface area contributed by atoms with E-state index in [1.54, 1.807) is 39.8 Å². The second-order valence-electron chi connectivity index (χ2n) is 6.99. The number of rotatable bonds is 5. The van der Waals surface area contributed by atoms with E-state index in [1.807, 2.05) is 0 Å². The fourth-order valence-corrected chi connectivity index (χ4v) is 5.10. The van der Waals surface area contributed by atoms with Crippen LogP contribution in [0.1, 0.15) is 41.1 Å². The highest BCUT2D eigenvalue weighted by Gasteiger charge is 2.31. The number of benzene rings is 2. The summed E-state index contributed by atoms with van der Waals surface area (Å²) in [4.78, 5) is 24.9. The van der Waals surface area contributed by atoms with Gasteiger partial charge in [0.1, 0.15) is 16.9 Å². The second kappa shape index (κ2) is 7.95. The molecule has 8 heteroatoms. The summed E-state index contributed by atoms with van der Waals surface area (Å²) < 4.78 is 38.2. The van der Waals surface area contributed by atoms with E-state index < -0.39 is 21.9 Å². The highest BCUT2D eigenvalue weighted by Crippen LogP contribution is 2.33. The maximum atomic E-state index is 13.4. The third kappa shape index (κ3) is 3.70. The molecule has 0 fully saturated rings. The number of hydrogen-bond acceptors (Lipinski definition) is 6. The Balaban J connectivity index is 2.22. The van der Waals surface area contributed by atoms with Crippen LogP contribution in [0.25, 0.3) is 11.0 Å². The maximum Gasteiger partial charge on any atom is 0.342 e. The molecule has 0 bridgehead atoms. The zero-order chi connectivity index (χ0) is 22.2. The zero-order valence-electron chi connectivity index (χ0n) is 17.5. The van der Waals surface area contributed by atoms with E-state index in [2.05, 4.69) is 0 Å². The number of carbonyl (C=O) groups excluding carboxylic acids is 2. The Kier molecular flexibility index (Phi) is 5.72. The summed E-state index contributed by atoms with van der Waals surface area (Å²) in [5.74, 6) is -0.891. The minimum absolute atomic E-state index is 0.0480. The predicted molar refractivity (Wildman–Crippen MR) is 113 cm³/mol. The molecule has 1 amide bonds. The number of furan rings is 1. The first-order valence-corrected chi connectivity index (χ1v) is 10.8. The molecule has 0 unspecified atom stereocenters. The van der Waals surface area contributed by atoms with Crippen LogP contribution in [0, 0.1) is 20.8 Å². The predicted octanol–water partition coefficient (Wildman–Crippen LogP) is 4.28. The largest absolute Gasteiger partial charge is 0.462 e. The molecule has 0 saturated heterocycles. The molecule has 0 spiro atoms. The van der Waals surface area contributed by atoms with E-state index in [0.29, 0.717) is 22.3 Å². The highest BCUT2D eigenvalue weighted by molar-refractivity contribution is 7.93. The number of sulfonamides is 1. The van der Waals surface area contributed by atoms with Crippen molar-refractivity contribution < 1.29 is 27.2 Å². The van der Waals surface area contributed by atoms with Crippen molar-refractivity contribution in [3.05, 3.63) is 58.8 Å². The SMILES string of the molecule is CCOC(=O)c1c(C)oc2ccc(N(C(C)=O)S(=O)(=O)c3cc(C)ccc3C)cc12. The van der Waals surface area contributed by atoms with E-state index in [-0.39, 0.29) is 22.8 Å². The molecule has 158 valence electrons. The smallest absolute Gasteiger partial charge is 0.342 e. The van der Waals surface area contributed by atoms with Crippen molar-refractivity contribution in [1.82, 2.24) is 0 Å². The van der Waals surface area contributed by atoms with Crippen LogP contribution < -0.4 is 4.31 Å². The van der Waals surface area contributed by atoms with Crippen LogP contribution >= 0.6 is 0 Å². The number of fused-ring (bicyclic) bond motifs is 1. The van der Waals surface area contributed by atoms with Crippen molar-refractivity contribution in [3.8, 4) is 0 Å². The van der Waals surface area contributed by atoms with Crippen molar-refractivity contribution in [1.29, 1.82) is 0 Å². The van der Waals surface area contributed by atoms with Gasteiger partial charge in [0, 0.05) is 12.3 Å². The molecule has 3 rings (SSSR count). The van der Waals surface area contributed by atoms with Gasteiger partial charge in [-0.25, -0.2) is 17.5 Å². The molecule has 0 N–H and O–H groups in total. The van der Waals surface area contributed by atoms with Gasteiger partial charge < -0.3 is 9.15 Å². The fraction of sp³-hybridized carbons (Fsp3) is 0.273. The molecule has 7 nitrogen and oxygen atoms in total. The molecule has 2 aromatic carbocycles. The van der Waals surface area contributed by atoms with E-state index in [4.69, 9.17) is 9.15 Å². The first-order chi connectivity index (χ1) is 14.1. The van der Waals surface area contributed by atoms with Crippen LogP contribution in [-0.4, -0.2) is 26.9 Å². The summed E-state index contributed by atoms with van der Waals surface area (Å²) >= 11 is 0. The lowest BCUT2D eigenvalue weighted by Gasteiger charge is -2.22. The lowest BCUT2D eigenvalue weighted by Crippen LogP contribution is -2.35. The average Bonchev–Trinajstić information content (AvgIpc) is 2.98. The Labute approximate surface area is 175 Å². The minimum atomic E-state index is -4.17. The Hall–Kier alpha value is -3.13. The number of carbonyl (C=O) groups is 2. The standard InChI is InChI=1S/C22H23NO6S/c1-6-28-22(25)21-15(4)29-19-10-9-17(12-18(19)21)23(16(5)24)30(26,27)20-11-13(2)7-8-14(20)3/h7-12H,6H2,1-5H3. The van der Waals surface area contributed by atoms with Gasteiger partial charge in [-0.05, 0) is 63.1 Å². The Morgan fingerprint density at radius 1 is 1.07 bits per heavy atom. The van der Waals surface area contributed by atoms with E-state index in [1.165, 1.54) is 31.2 Å². The summed E-state index contributed by atoms with van der Waals surface area (Å²) in [6.07, 6.45) is 0. The van der Waals surface area contributed by atoms with Crippen LogP contribution in [0.5, 0.6) is 0 Å². The van der Waals surface area contributed by atoms with Gasteiger partial charge in [-0.1, -0.05) is 12.1 Å². The average molecular weight is 429 g/mol. The van der Waals surface area contributed by atoms with Gasteiger partial charge >= 0.3 is 5.97 Å². The lowest BCUT2D eigenvalue weighted by atomic mass is 10.1. The number of aryl methyl sites for hydroxylation is 3. The third-order valence-corrected chi connectivity index (χ3v) is 6.65. The van der Waals surface area contributed by atoms with Crippen molar-refractivity contribution in [2.45, 2.75) is 39.5 Å². The van der Waals surface area contributed by atoms with Gasteiger partial charge in [-0.15, -0.1) is 0 Å². The van der Waals surface area contributed by atoms with E-state index in [0.717, 1.165) is 9.87 Å². The number of anilines is 1. The molecule has 1 aromatic heterocycles. The lowest BCUT2D eigenvalue weighted by molar-refractivity contribution is -0.115. The van der Waals surface area contributed by atoms with Crippen LogP contribution in [0.2, 0.25) is 0 Å². The van der Waals surface area contributed by atoms with Crippen molar-refractivity contribution >= 4 is 38.6 Å². The molecule has 1 heterocycles. The van der Waals surface area contributed by atoms with Crippen LogP contribution in [-0.2, 0) is 19.6 Å². The van der Waals surface area contributed by atoms with Gasteiger partial charge in [0.05, 0.1) is 17.2 Å². The summed E-state index contributed by atoms with van der Waals surface area (Å²) in [5.41, 5.74) is 2.00. The minimum Gasteiger partial charge on any atom is -0.462 e. The molecular weight excluding hydrogens is 406 g/mol. The number of ether oxygens (including phenoxy) is 1. The number of nitrogens with zero attached hydrogens (tertiary/aromatic N) is 1. The van der Waals surface area contributed by atoms with Crippen LogP contribution in [0.3, 0.4) is 0 Å². The fourth-order valence-electron chi connectivity index (χ4n) is 3.36. The van der Waals surface area contributed by atoms with Crippen molar-refractivity contribution in [2.24, 2.45) is 0 Å². The quantitative estimate of drug-likeness (QED) is 0.562. The second-order valence-corrected chi connectivity index (χ2v) is 8.75. The highest BCUT2D eigenvalue weighted by atomic mass is 32.2. The number of esters is 1. The van der Waals surface area contributed by atoms with Crippen LogP contribution in [0.15, 0.2) is 45.7 Å². The van der Waals surface area contributed by atoms with Gasteiger partial charge in [0.25, 0.3) is 10.0 Å². The van der Waals surface area contributed by atoms with Gasteiger partial charge in [-0.2, -0.15) is 0 Å². The maximum absolute atomic E-state index is 13.4. The van der Waals surface area contributed by atoms with Gasteiger partial charge in [-0.3, -0.25) is 4.79 Å². The molecule has 30 heavy (non-hydrogen) atoms. The zero-order valence-corrected chi connectivity index (χ0v) is 18.3. The third-order valence-electron chi connectivity index (χ3n) is 4.71. The van der Waals surface area contributed by atoms with Crippen LogP contribution in [0.4, 0.5) is 5.69 Å². The van der Waals surface area contributed by atoms with Crippen molar-refractivity contribution in [3.63, 3.8) is 0 Å². The molecule has 0 saturated carbocycles. The molecule has 0 atom stereocenters. The first-order valence-electron chi connectivity index (χ1n) is 9.41. The molecule has 3 aromatic rings. The normalized spacial score (nSPS) is 11.5. The molecular formula is C22H23NO6S. The summed E-state index contributed by atoms with van der Waals surface area (Å²) in [5, 5.41) is 0.380. The number of hydrogen-bond donors (Lipinski definition) is 0. The number of amides is 1. The Morgan fingerprint density at radius 2 is 1.77 bits per heavy atom. The van der Waals surface area contributed by atoms with E-state index >= 15 is 0 Å². The Morgan fingerprint density at radius 3 is 2.40 bits per heavy atom. The topological polar surface area (TPSA) is 93.9 Å². The Bertz CT molecular complexity index is 1260. The monoisotopic (exact) mass is 429 g/mol. The summed E-state index contributed by atoms with van der Waals surface area (Å²) in [7, 11) is -4.17. The summed E-state index contributed by atoms with van der Waals surface area (Å²) in [6.45, 7) is 8.14. The molecule has 0 aliphatic carbocycles. The summed E-state index contributed by atoms with van der Waals surface area (Å²) in [6, 6.07) is 9.51. The molecule has 0 radical (unpaired) electrons.